The van der Waals surface area contributed by atoms with Crippen LogP contribution in [-0.2, 0) is 0 Å². The van der Waals surface area contributed by atoms with E-state index in [0.717, 1.165) is 27.3 Å². The standard InChI is InChI=1S/C19H23NOS2/c1-2-3-4-8-15-20-19(22)23-18-13-11-17(12-14-18)21-16-9-6-5-7-10-16/h5-7,9-14H,2-4,8,15H2,1H3,(H,20,22). The summed E-state index contributed by atoms with van der Waals surface area (Å²) in [7, 11) is 0. The second kappa shape index (κ2) is 10.3. The van der Waals surface area contributed by atoms with Crippen LogP contribution in [0, 0.1) is 0 Å². The maximum Gasteiger partial charge on any atom is 0.138 e. The lowest BCUT2D eigenvalue weighted by Gasteiger charge is -2.08. The van der Waals surface area contributed by atoms with E-state index in [0.29, 0.717) is 0 Å². The monoisotopic (exact) mass is 345 g/mol. The van der Waals surface area contributed by atoms with Gasteiger partial charge in [0.1, 0.15) is 15.8 Å². The van der Waals surface area contributed by atoms with Gasteiger partial charge in [0.2, 0.25) is 0 Å². The molecule has 0 heterocycles. The van der Waals surface area contributed by atoms with Crippen LogP contribution >= 0.6 is 24.0 Å². The summed E-state index contributed by atoms with van der Waals surface area (Å²) in [6.45, 7) is 3.18. The van der Waals surface area contributed by atoms with Crippen LogP contribution in [0.3, 0.4) is 0 Å². The van der Waals surface area contributed by atoms with Crippen molar-refractivity contribution in [1.82, 2.24) is 5.32 Å². The van der Waals surface area contributed by atoms with E-state index in [2.05, 4.69) is 12.2 Å². The van der Waals surface area contributed by atoms with Crippen LogP contribution in [0.1, 0.15) is 32.6 Å². The van der Waals surface area contributed by atoms with Gasteiger partial charge in [-0.3, -0.25) is 0 Å². The Hall–Kier alpha value is -1.52. The lowest BCUT2D eigenvalue weighted by atomic mass is 10.2. The van der Waals surface area contributed by atoms with Gasteiger partial charge in [0.15, 0.2) is 0 Å². The van der Waals surface area contributed by atoms with E-state index < -0.39 is 0 Å². The topological polar surface area (TPSA) is 21.3 Å². The first kappa shape index (κ1) is 17.8. The average Bonchev–Trinajstić information content (AvgIpc) is 2.57. The highest BCUT2D eigenvalue weighted by Gasteiger charge is 2.02. The molecule has 0 bridgehead atoms. The third kappa shape index (κ3) is 7.06. The number of nitrogens with one attached hydrogen (secondary N) is 1. The molecule has 0 aliphatic carbocycles. The quantitative estimate of drug-likeness (QED) is 0.358. The fourth-order valence-electron chi connectivity index (χ4n) is 2.09. The van der Waals surface area contributed by atoms with Crippen molar-refractivity contribution >= 4 is 28.3 Å². The number of hydrogen-bond acceptors (Lipinski definition) is 3. The molecule has 2 aromatic rings. The fraction of sp³-hybridized carbons (Fsp3) is 0.316. The van der Waals surface area contributed by atoms with E-state index in [1.165, 1.54) is 25.7 Å². The lowest BCUT2D eigenvalue weighted by Crippen LogP contribution is -2.19. The van der Waals surface area contributed by atoms with E-state index in [-0.39, 0.29) is 0 Å². The summed E-state index contributed by atoms with van der Waals surface area (Å²) >= 11 is 6.96. The van der Waals surface area contributed by atoms with Crippen molar-refractivity contribution in [3.8, 4) is 11.5 Å². The maximum absolute atomic E-state index is 5.78. The Morgan fingerprint density at radius 1 is 0.957 bits per heavy atom. The van der Waals surface area contributed by atoms with Gasteiger partial charge in [0, 0.05) is 11.4 Å². The van der Waals surface area contributed by atoms with E-state index in [1.807, 2.05) is 54.6 Å². The molecular formula is C19H23NOS2. The first-order valence-electron chi connectivity index (χ1n) is 8.06. The van der Waals surface area contributed by atoms with Crippen LogP contribution in [0.5, 0.6) is 11.5 Å². The molecule has 0 spiro atoms. The fourth-order valence-corrected chi connectivity index (χ4v) is 3.14. The molecule has 4 heteroatoms. The molecular weight excluding hydrogens is 322 g/mol. The zero-order valence-corrected chi connectivity index (χ0v) is 15.1. The molecule has 0 saturated heterocycles. The molecule has 2 rings (SSSR count). The minimum atomic E-state index is 0.832. The van der Waals surface area contributed by atoms with E-state index in [4.69, 9.17) is 17.0 Å². The molecule has 0 amide bonds. The summed E-state index contributed by atoms with van der Waals surface area (Å²) in [5.74, 6) is 1.68. The highest BCUT2D eigenvalue weighted by molar-refractivity contribution is 8.23. The normalized spacial score (nSPS) is 10.3. The molecule has 0 aliphatic rings. The third-order valence-electron chi connectivity index (χ3n) is 3.31. The van der Waals surface area contributed by atoms with Crippen molar-refractivity contribution in [3.05, 3.63) is 54.6 Å². The first-order chi connectivity index (χ1) is 11.3. The first-order valence-corrected chi connectivity index (χ1v) is 9.29. The molecule has 23 heavy (non-hydrogen) atoms. The number of hydrogen-bond donors (Lipinski definition) is 1. The summed E-state index contributed by atoms with van der Waals surface area (Å²) in [5, 5.41) is 3.31. The molecule has 1 N–H and O–H groups in total. The van der Waals surface area contributed by atoms with Crippen molar-refractivity contribution < 1.29 is 4.74 Å². The Morgan fingerprint density at radius 2 is 1.65 bits per heavy atom. The molecule has 2 nitrogen and oxygen atoms in total. The van der Waals surface area contributed by atoms with Crippen LogP contribution in [0.4, 0.5) is 0 Å². The van der Waals surface area contributed by atoms with Crippen molar-refractivity contribution in [2.24, 2.45) is 0 Å². The Kier molecular flexibility index (Phi) is 7.98. The van der Waals surface area contributed by atoms with Gasteiger partial charge in [0.25, 0.3) is 0 Å². The van der Waals surface area contributed by atoms with Gasteiger partial charge in [-0.15, -0.1) is 0 Å². The highest BCUT2D eigenvalue weighted by Crippen LogP contribution is 2.25. The van der Waals surface area contributed by atoms with Crippen LogP contribution in [0.15, 0.2) is 59.5 Å². The van der Waals surface area contributed by atoms with Crippen molar-refractivity contribution in [3.63, 3.8) is 0 Å². The Balaban J connectivity index is 1.75. The molecule has 0 radical (unpaired) electrons. The number of ether oxygens (including phenoxy) is 1. The summed E-state index contributed by atoms with van der Waals surface area (Å²) in [6, 6.07) is 17.8. The largest absolute Gasteiger partial charge is 0.457 e. The predicted octanol–water partition coefficient (Wildman–Crippen LogP) is 6.03. The lowest BCUT2D eigenvalue weighted by molar-refractivity contribution is 0.482. The molecule has 0 aromatic heterocycles. The average molecular weight is 346 g/mol. The Labute approximate surface area is 148 Å². The van der Waals surface area contributed by atoms with E-state index >= 15 is 0 Å². The van der Waals surface area contributed by atoms with Gasteiger partial charge in [-0.1, -0.05) is 68.4 Å². The number of para-hydroxylation sites is 1. The Bertz CT molecular complexity index is 584. The van der Waals surface area contributed by atoms with Gasteiger partial charge in [0.05, 0.1) is 0 Å². The molecule has 122 valence electrons. The van der Waals surface area contributed by atoms with Gasteiger partial charge in [-0.05, 0) is 42.8 Å². The van der Waals surface area contributed by atoms with E-state index in [9.17, 15) is 0 Å². The second-order valence-electron chi connectivity index (χ2n) is 5.26. The number of rotatable bonds is 8. The van der Waals surface area contributed by atoms with Crippen molar-refractivity contribution in [2.75, 3.05) is 6.54 Å². The summed E-state index contributed by atoms with van der Waals surface area (Å²) in [5.41, 5.74) is 0. The van der Waals surface area contributed by atoms with Crippen molar-refractivity contribution in [1.29, 1.82) is 0 Å². The van der Waals surface area contributed by atoms with Crippen LogP contribution in [0.25, 0.3) is 0 Å². The number of thioether (sulfide) groups is 1. The SMILES string of the molecule is CCCCCCNC(=S)Sc1ccc(Oc2ccccc2)cc1. The van der Waals surface area contributed by atoms with Crippen LogP contribution < -0.4 is 10.1 Å². The number of thiocarbonyl (C=S) groups is 1. The van der Waals surface area contributed by atoms with Crippen LogP contribution in [0.2, 0.25) is 0 Å². The van der Waals surface area contributed by atoms with Gasteiger partial charge < -0.3 is 10.1 Å². The molecule has 0 aliphatic heterocycles. The molecule has 0 atom stereocenters. The minimum absolute atomic E-state index is 0.832. The summed E-state index contributed by atoms with van der Waals surface area (Å²) in [4.78, 5) is 1.12. The third-order valence-corrected chi connectivity index (χ3v) is 4.54. The predicted molar refractivity (Wildman–Crippen MR) is 104 cm³/mol. The van der Waals surface area contributed by atoms with Crippen LogP contribution in [-0.4, -0.2) is 10.9 Å². The smallest absolute Gasteiger partial charge is 0.138 e. The maximum atomic E-state index is 5.78. The van der Waals surface area contributed by atoms with Crippen molar-refractivity contribution in [2.45, 2.75) is 37.5 Å². The molecule has 0 saturated carbocycles. The zero-order valence-electron chi connectivity index (χ0n) is 13.5. The van der Waals surface area contributed by atoms with E-state index in [1.54, 1.807) is 11.8 Å². The second-order valence-corrected chi connectivity index (χ2v) is 7.01. The molecule has 0 unspecified atom stereocenters. The molecule has 2 aromatic carbocycles. The highest BCUT2D eigenvalue weighted by atomic mass is 32.2. The minimum Gasteiger partial charge on any atom is -0.457 e. The number of benzene rings is 2. The van der Waals surface area contributed by atoms with Gasteiger partial charge in [-0.25, -0.2) is 0 Å². The number of unbranched alkanes of at least 4 members (excludes halogenated alkanes) is 3. The summed E-state index contributed by atoms with van der Waals surface area (Å²) < 4.78 is 6.61. The molecule has 0 fully saturated rings. The van der Waals surface area contributed by atoms with Gasteiger partial charge >= 0.3 is 0 Å². The van der Waals surface area contributed by atoms with Gasteiger partial charge in [-0.2, -0.15) is 0 Å². The zero-order chi connectivity index (χ0) is 16.3. The Morgan fingerprint density at radius 3 is 2.35 bits per heavy atom. The summed E-state index contributed by atoms with van der Waals surface area (Å²) in [6.07, 6.45) is 5.00.